The van der Waals surface area contributed by atoms with Crippen molar-refractivity contribution in [1.82, 2.24) is 0 Å². The average Bonchev–Trinajstić information content (AvgIpc) is 1.86. The highest BCUT2D eigenvalue weighted by molar-refractivity contribution is 5.59. The quantitative estimate of drug-likeness (QED) is 0.357. The predicted molar refractivity (Wildman–Crippen MR) is 42.4 cm³/mol. The lowest BCUT2D eigenvalue weighted by Gasteiger charge is -2.06. The molecule has 0 N–H and O–H groups in total. The first-order chi connectivity index (χ1) is 5.16. The highest BCUT2D eigenvalue weighted by Crippen LogP contribution is 1.93. The molecule has 0 radical (unpaired) electrons. The maximum atomic E-state index is 10.6. The Hall–Kier alpha value is -0.990. The molecule has 0 amide bonds. The Balaban J connectivity index is 3.30. The minimum Gasteiger partial charge on any atom is -0.434 e. The third kappa shape index (κ3) is 6.90. The molecule has 0 saturated heterocycles. The molecule has 64 valence electrons. The molecule has 0 aliphatic heterocycles. The molecule has 0 aromatic rings. The summed E-state index contributed by atoms with van der Waals surface area (Å²) < 4.78 is 9.36. The van der Waals surface area contributed by atoms with E-state index >= 15 is 0 Å². The average molecular weight is 158 g/mol. The van der Waals surface area contributed by atoms with Gasteiger partial charge in [-0.25, -0.2) is 4.79 Å². The van der Waals surface area contributed by atoms with Crippen LogP contribution in [0, 0.1) is 0 Å². The summed E-state index contributed by atoms with van der Waals surface area (Å²) in [6.07, 6.45) is 1.61. The van der Waals surface area contributed by atoms with Crippen LogP contribution in [0.3, 0.4) is 0 Å². The predicted octanol–water partition coefficient (Wildman–Crippen LogP) is 2.12. The van der Waals surface area contributed by atoms with Crippen molar-refractivity contribution in [2.45, 2.75) is 26.4 Å². The third-order valence-corrected chi connectivity index (χ3v) is 0.874. The Morgan fingerprint density at radius 1 is 1.64 bits per heavy atom. The Morgan fingerprint density at radius 2 is 2.27 bits per heavy atom. The largest absolute Gasteiger partial charge is 0.508 e. The zero-order chi connectivity index (χ0) is 8.69. The lowest BCUT2D eigenvalue weighted by molar-refractivity contribution is 0.0357. The number of hydrogen-bond donors (Lipinski definition) is 0. The highest BCUT2D eigenvalue weighted by Gasteiger charge is 2.04. The fourth-order valence-corrected chi connectivity index (χ4v) is 0.452. The van der Waals surface area contributed by atoms with E-state index in [0.29, 0.717) is 13.0 Å². The molecule has 11 heavy (non-hydrogen) atoms. The molecule has 0 aromatic heterocycles. The van der Waals surface area contributed by atoms with E-state index in [2.05, 4.69) is 11.3 Å². The summed E-state index contributed by atoms with van der Waals surface area (Å²) >= 11 is 0. The van der Waals surface area contributed by atoms with Gasteiger partial charge in [-0.1, -0.05) is 6.08 Å². The SMILES string of the molecule is C=CCCOC(=O)OC(C)C. The van der Waals surface area contributed by atoms with Gasteiger partial charge in [-0.3, -0.25) is 0 Å². The number of carbonyl (C=O) groups excluding carboxylic acids is 1. The number of rotatable bonds is 4. The maximum Gasteiger partial charge on any atom is 0.508 e. The molecule has 0 saturated carbocycles. The molecule has 0 unspecified atom stereocenters. The summed E-state index contributed by atoms with van der Waals surface area (Å²) in [5.41, 5.74) is 0. The van der Waals surface area contributed by atoms with Crippen LogP contribution in [0.1, 0.15) is 20.3 Å². The molecule has 0 aromatic carbocycles. The van der Waals surface area contributed by atoms with Crippen molar-refractivity contribution in [1.29, 1.82) is 0 Å². The standard InChI is InChI=1S/C8H14O3/c1-4-5-6-10-8(9)11-7(2)3/h4,7H,1,5-6H2,2-3H3. The summed E-state index contributed by atoms with van der Waals surface area (Å²) in [7, 11) is 0. The van der Waals surface area contributed by atoms with Crippen LogP contribution < -0.4 is 0 Å². The van der Waals surface area contributed by atoms with E-state index in [1.165, 1.54) is 0 Å². The number of ether oxygens (including phenoxy) is 2. The van der Waals surface area contributed by atoms with E-state index < -0.39 is 6.16 Å². The maximum absolute atomic E-state index is 10.6. The van der Waals surface area contributed by atoms with E-state index in [9.17, 15) is 4.79 Å². The Morgan fingerprint density at radius 3 is 2.73 bits per heavy atom. The van der Waals surface area contributed by atoms with Crippen LogP contribution >= 0.6 is 0 Å². The summed E-state index contributed by atoms with van der Waals surface area (Å²) in [6.45, 7) is 7.37. The van der Waals surface area contributed by atoms with Crippen molar-refractivity contribution in [2.75, 3.05) is 6.61 Å². The van der Waals surface area contributed by atoms with Crippen molar-refractivity contribution in [2.24, 2.45) is 0 Å². The Labute approximate surface area is 67.0 Å². The van der Waals surface area contributed by atoms with Crippen LogP contribution in [-0.4, -0.2) is 18.9 Å². The van der Waals surface area contributed by atoms with Gasteiger partial charge in [0.2, 0.25) is 0 Å². The summed E-state index contributed by atoms with van der Waals surface area (Å²) in [4.78, 5) is 10.6. The molecule has 0 aliphatic carbocycles. The van der Waals surface area contributed by atoms with Crippen molar-refractivity contribution in [3.8, 4) is 0 Å². The van der Waals surface area contributed by atoms with Crippen LogP contribution in [-0.2, 0) is 9.47 Å². The highest BCUT2D eigenvalue weighted by atomic mass is 16.7. The second-order valence-electron chi connectivity index (χ2n) is 2.34. The monoisotopic (exact) mass is 158 g/mol. The first-order valence-electron chi connectivity index (χ1n) is 3.61. The van der Waals surface area contributed by atoms with E-state index in [4.69, 9.17) is 4.74 Å². The smallest absolute Gasteiger partial charge is 0.434 e. The fraction of sp³-hybridized carbons (Fsp3) is 0.625. The van der Waals surface area contributed by atoms with Crippen LogP contribution in [0.2, 0.25) is 0 Å². The molecule has 0 aliphatic rings. The van der Waals surface area contributed by atoms with E-state index in [-0.39, 0.29) is 6.10 Å². The first kappa shape index (κ1) is 10.0. The van der Waals surface area contributed by atoms with Crippen LogP contribution in [0.25, 0.3) is 0 Å². The van der Waals surface area contributed by atoms with Gasteiger partial charge in [-0.2, -0.15) is 0 Å². The van der Waals surface area contributed by atoms with Crippen molar-refractivity contribution in [3.63, 3.8) is 0 Å². The van der Waals surface area contributed by atoms with Crippen molar-refractivity contribution in [3.05, 3.63) is 12.7 Å². The molecular weight excluding hydrogens is 144 g/mol. The van der Waals surface area contributed by atoms with Gasteiger partial charge >= 0.3 is 6.16 Å². The Kier molecular flexibility index (Phi) is 5.25. The van der Waals surface area contributed by atoms with Gasteiger partial charge in [0.15, 0.2) is 0 Å². The van der Waals surface area contributed by atoms with Gasteiger partial charge in [0.05, 0.1) is 12.7 Å². The van der Waals surface area contributed by atoms with Crippen LogP contribution in [0.5, 0.6) is 0 Å². The fourth-order valence-electron chi connectivity index (χ4n) is 0.452. The molecule has 0 heterocycles. The van der Waals surface area contributed by atoms with E-state index in [0.717, 1.165) is 0 Å². The van der Waals surface area contributed by atoms with Crippen LogP contribution in [0.15, 0.2) is 12.7 Å². The lowest BCUT2D eigenvalue weighted by atomic mass is 10.5. The molecule has 3 nitrogen and oxygen atoms in total. The van der Waals surface area contributed by atoms with E-state index in [1.807, 2.05) is 0 Å². The molecule has 0 atom stereocenters. The van der Waals surface area contributed by atoms with E-state index in [1.54, 1.807) is 19.9 Å². The number of carbonyl (C=O) groups is 1. The van der Waals surface area contributed by atoms with Gasteiger partial charge in [0, 0.05) is 0 Å². The van der Waals surface area contributed by atoms with Gasteiger partial charge in [-0.15, -0.1) is 6.58 Å². The van der Waals surface area contributed by atoms with Gasteiger partial charge in [0.1, 0.15) is 0 Å². The lowest BCUT2D eigenvalue weighted by Crippen LogP contribution is -2.13. The minimum absolute atomic E-state index is 0.119. The molecule has 0 rings (SSSR count). The van der Waals surface area contributed by atoms with Crippen LogP contribution in [0.4, 0.5) is 4.79 Å². The zero-order valence-electron chi connectivity index (χ0n) is 7.00. The van der Waals surface area contributed by atoms with Crippen molar-refractivity contribution < 1.29 is 14.3 Å². The second-order valence-corrected chi connectivity index (χ2v) is 2.34. The molecule has 0 bridgehead atoms. The summed E-state index contributed by atoms with van der Waals surface area (Å²) in [6, 6.07) is 0. The summed E-state index contributed by atoms with van der Waals surface area (Å²) in [5, 5.41) is 0. The topological polar surface area (TPSA) is 35.5 Å². The van der Waals surface area contributed by atoms with Crippen molar-refractivity contribution >= 4 is 6.16 Å². The third-order valence-electron chi connectivity index (χ3n) is 0.874. The molecule has 0 fully saturated rings. The molecule has 0 spiro atoms. The normalized spacial score (nSPS) is 9.36. The second kappa shape index (κ2) is 5.77. The van der Waals surface area contributed by atoms with Gasteiger partial charge in [-0.05, 0) is 20.3 Å². The van der Waals surface area contributed by atoms with Gasteiger partial charge in [0.25, 0.3) is 0 Å². The zero-order valence-corrected chi connectivity index (χ0v) is 7.00. The molecule has 3 heteroatoms. The molecular formula is C8H14O3. The van der Waals surface area contributed by atoms with Gasteiger partial charge < -0.3 is 9.47 Å². The number of hydrogen-bond acceptors (Lipinski definition) is 3. The summed E-state index contributed by atoms with van der Waals surface area (Å²) in [5.74, 6) is 0. The first-order valence-corrected chi connectivity index (χ1v) is 3.61. The minimum atomic E-state index is -0.609. The Bertz CT molecular complexity index is 129.